The smallest absolute Gasteiger partial charge is 0.114 e. The fourth-order valence-electron chi connectivity index (χ4n) is 2.59. The van der Waals surface area contributed by atoms with Crippen LogP contribution in [-0.2, 0) is 12.8 Å². The molecule has 2 heterocycles. The van der Waals surface area contributed by atoms with Crippen LogP contribution in [-0.4, -0.2) is 9.55 Å². The molecule has 0 bridgehead atoms. The van der Waals surface area contributed by atoms with Crippen LogP contribution in [0.3, 0.4) is 0 Å². The van der Waals surface area contributed by atoms with E-state index in [0.29, 0.717) is 0 Å². The van der Waals surface area contributed by atoms with Gasteiger partial charge in [0.25, 0.3) is 0 Å². The summed E-state index contributed by atoms with van der Waals surface area (Å²) < 4.78 is 2.17. The molecule has 4 heteroatoms. The van der Waals surface area contributed by atoms with Crippen molar-refractivity contribution in [3.8, 4) is 0 Å². The maximum absolute atomic E-state index is 6.19. The van der Waals surface area contributed by atoms with Crippen LogP contribution < -0.4 is 5.73 Å². The van der Waals surface area contributed by atoms with E-state index in [2.05, 4.69) is 9.55 Å². The monoisotopic (exact) mass is 261 g/mol. The summed E-state index contributed by atoms with van der Waals surface area (Å²) in [5.41, 5.74) is 8.52. The lowest BCUT2D eigenvalue weighted by molar-refractivity contribution is 0.403. The van der Waals surface area contributed by atoms with Gasteiger partial charge in [-0.3, -0.25) is 0 Å². The molecule has 0 aliphatic carbocycles. The molecule has 0 saturated carbocycles. The van der Waals surface area contributed by atoms with Crippen LogP contribution in [0.1, 0.15) is 36.1 Å². The molecule has 0 fully saturated rings. The minimum atomic E-state index is 0.0636. The van der Waals surface area contributed by atoms with Gasteiger partial charge in [0.2, 0.25) is 0 Å². The van der Waals surface area contributed by atoms with Crippen LogP contribution in [0.2, 0.25) is 5.02 Å². The summed E-state index contributed by atoms with van der Waals surface area (Å²) >= 11 is 6.19. The van der Waals surface area contributed by atoms with Crippen LogP contribution in [0, 0.1) is 0 Å². The van der Waals surface area contributed by atoms with Gasteiger partial charge >= 0.3 is 0 Å². The van der Waals surface area contributed by atoms with Gasteiger partial charge in [-0.1, -0.05) is 29.8 Å². The van der Waals surface area contributed by atoms with Gasteiger partial charge in [0.15, 0.2) is 0 Å². The summed E-state index contributed by atoms with van der Waals surface area (Å²) in [5, 5.41) is 0.791. The molecule has 2 N–H and O–H groups in total. The third-order valence-electron chi connectivity index (χ3n) is 3.52. The maximum Gasteiger partial charge on any atom is 0.114 e. The predicted octanol–water partition coefficient (Wildman–Crippen LogP) is 2.92. The van der Waals surface area contributed by atoms with Crippen molar-refractivity contribution in [1.29, 1.82) is 0 Å². The summed E-state index contributed by atoms with van der Waals surface area (Å²) in [6.45, 7) is 0. The van der Waals surface area contributed by atoms with Crippen molar-refractivity contribution in [3.63, 3.8) is 0 Å². The molecule has 1 aliphatic rings. The molecule has 1 unspecified atom stereocenters. The second kappa shape index (κ2) is 4.75. The quantitative estimate of drug-likeness (QED) is 0.903. The van der Waals surface area contributed by atoms with E-state index in [1.165, 1.54) is 5.69 Å². The predicted molar refractivity (Wildman–Crippen MR) is 72.6 cm³/mol. The first-order valence-corrected chi connectivity index (χ1v) is 6.67. The Morgan fingerprint density at radius 3 is 3.06 bits per heavy atom. The zero-order chi connectivity index (χ0) is 12.5. The van der Waals surface area contributed by atoms with Gasteiger partial charge < -0.3 is 10.3 Å². The molecule has 94 valence electrons. The zero-order valence-corrected chi connectivity index (χ0v) is 10.9. The summed E-state index contributed by atoms with van der Waals surface area (Å²) in [4.78, 5) is 4.51. The van der Waals surface area contributed by atoms with E-state index in [0.717, 1.165) is 42.1 Å². The molecule has 1 atom stereocenters. The fraction of sp³-hybridized carbons (Fsp3) is 0.357. The minimum absolute atomic E-state index is 0.0636. The van der Waals surface area contributed by atoms with Crippen LogP contribution in [0.25, 0.3) is 0 Å². The lowest BCUT2D eigenvalue weighted by Crippen LogP contribution is -2.26. The first-order chi connectivity index (χ1) is 8.75. The Hall–Kier alpha value is -1.32. The van der Waals surface area contributed by atoms with Crippen LogP contribution >= 0.6 is 11.6 Å². The van der Waals surface area contributed by atoms with E-state index < -0.39 is 0 Å². The Bertz CT molecular complexity index is 562. The number of halogens is 1. The number of hydrogen-bond donors (Lipinski definition) is 1. The molecule has 0 saturated heterocycles. The average molecular weight is 262 g/mol. The third-order valence-corrected chi connectivity index (χ3v) is 3.89. The highest BCUT2D eigenvalue weighted by molar-refractivity contribution is 6.31. The summed E-state index contributed by atoms with van der Waals surface area (Å²) in [5.74, 6) is 1.02. The second-order valence-electron chi connectivity index (χ2n) is 4.76. The van der Waals surface area contributed by atoms with Crippen LogP contribution in [0.4, 0.5) is 0 Å². The molecule has 3 rings (SSSR count). The van der Waals surface area contributed by atoms with Crippen molar-refractivity contribution in [1.82, 2.24) is 9.55 Å². The fourth-order valence-corrected chi connectivity index (χ4v) is 2.80. The van der Waals surface area contributed by atoms with Crippen molar-refractivity contribution in [2.24, 2.45) is 5.73 Å². The normalized spacial score (nSPS) is 18.7. The van der Waals surface area contributed by atoms with Gasteiger partial charge in [-0.15, -0.1) is 0 Å². The van der Waals surface area contributed by atoms with E-state index in [4.69, 9.17) is 17.3 Å². The average Bonchev–Trinajstić information content (AvgIpc) is 2.77. The molecule has 0 amide bonds. The van der Waals surface area contributed by atoms with Gasteiger partial charge in [-0.2, -0.15) is 0 Å². The largest absolute Gasteiger partial charge is 0.316 e. The maximum atomic E-state index is 6.19. The Morgan fingerprint density at radius 2 is 2.22 bits per heavy atom. The standard InChI is InChI=1S/C14H16ClN3/c15-12-6-2-1-4-10(12)8-14-17-9-11-5-3-7-13(16)18(11)14/h1-2,4,6,9,13H,3,5,7-8,16H2. The van der Waals surface area contributed by atoms with Crippen molar-refractivity contribution in [3.05, 3.63) is 52.6 Å². The lowest BCUT2D eigenvalue weighted by Gasteiger charge is -2.24. The van der Waals surface area contributed by atoms with E-state index >= 15 is 0 Å². The van der Waals surface area contributed by atoms with Crippen molar-refractivity contribution < 1.29 is 0 Å². The highest BCUT2D eigenvalue weighted by atomic mass is 35.5. The van der Waals surface area contributed by atoms with E-state index in [9.17, 15) is 0 Å². The third kappa shape index (κ3) is 2.04. The number of rotatable bonds is 2. The zero-order valence-electron chi connectivity index (χ0n) is 10.1. The van der Waals surface area contributed by atoms with E-state index in [1.807, 2.05) is 30.5 Å². The number of nitrogens with two attached hydrogens (primary N) is 1. The number of hydrogen-bond acceptors (Lipinski definition) is 2. The molecule has 1 aromatic carbocycles. The van der Waals surface area contributed by atoms with Crippen molar-refractivity contribution in [2.75, 3.05) is 0 Å². The Morgan fingerprint density at radius 1 is 1.39 bits per heavy atom. The Kier molecular flexibility index (Phi) is 3.10. The molecular formula is C14H16ClN3. The number of fused-ring (bicyclic) bond motifs is 1. The van der Waals surface area contributed by atoms with Gasteiger partial charge in [-0.05, 0) is 30.9 Å². The first kappa shape index (κ1) is 11.8. The lowest BCUT2D eigenvalue weighted by atomic mass is 10.1. The van der Waals surface area contributed by atoms with E-state index in [1.54, 1.807) is 0 Å². The summed E-state index contributed by atoms with van der Waals surface area (Å²) in [7, 11) is 0. The van der Waals surface area contributed by atoms with Gasteiger partial charge in [0.1, 0.15) is 5.82 Å². The number of benzene rings is 1. The van der Waals surface area contributed by atoms with E-state index in [-0.39, 0.29) is 6.17 Å². The number of aryl methyl sites for hydroxylation is 1. The molecule has 2 aromatic rings. The van der Waals surface area contributed by atoms with Gasteiger partial charge in [-0.25, -0.2) is 4.98 Å². The highest BCUT2D eigenvalue weighted by Crippen LogP contribution is 2.25. The number of nitrogens with zero attached hydrogens (tertiary/aromatic N) is 2. The SMILES string of the molecule is NC1CCCc2cnc(Cc3ccccc3Cl)n21. The minimum Gasteiger partial charge on any atom is -0.316 e. The second-order valence-corrected chi connectivity index (χ2v) is 5.17. The number of imidazole rings is 1. The molecule has 1 aliphatic heterocycles. The molecule has 0 radical (unpaired) electrons. The topological polar surface area (TPSA) is 43.8 Å². The van der Waals surface area contributed by atoms with Crippen molar-refractivity contribution in [2.45, 2.75) is 31.8 Å². The molecule has 3 nitrogen and oxygen atoms in total. The molecule has 0 spiro atoms. The molecular weight excluding hydrogens is 246 g/mol. The number of aromatic nitrogens is 2. The molecule has 1 aromatic heterocycles. The summed E-state index contributed by atoms with van der Waals surface area (Å²) in [6, 6.07) is 7.90. The first-order valence-electron chi connectivity index (χ1n) is 6.29. The summed E-state index contributed by atoms with van der Waals surface area (Å²) in [6.07, 6.45) is 6.01. The van der Waals surface area contributed by atoms with Crippen LogP contribution in [0.15, 0.2) is 30.5 Å². The molecule has 18 heavy (non-hydrogen) atoms. The van der Waals surface area contributed by atoms with Gasteiger partial charge in [0.05, 0.1) is 6.17 Å². The van der Waals surface area contributed by atoms with Crippen LogP contribution in [0.5, 0.6) is 0 Å². The van der Waals surface area contributed by atoms with Crippen molar-refractivity contribution >= 4 is 11.6 Å². The Labute approximate surface area is 112 Å². The Balaban J connectivity index is 1.95. The van der Waals surface area contributed by atoms with Gasteiger partial charge in [0, 0.05) is 23.3 Å². The highest BCUT2D eigenvalue weighted by Gasteiger charge is 2.20.